The van der Waals surface area contributed by atoms with Gasteiger partial charge in [-0.25, -0.2) is 4.98 Å². The molecule has 2 heterocycles. The van der Waals surface area contributed by atoms with Crippen LogP contribution in [0.5, 0.6) is 0 Å². The van der Waals surface area contributed by atoms with Gasteiger partial charge in [0, 0.05) is 17.8 Å². The van der Waals surface area contributed by atoms with Crippen molar-refractivity contribution < 1.29 is 9.59 Å². The molecule has 0 saturated carbocycles. The van der Waals surface area contributed by atoms with Gasteiger partial charge in [-0.05, 0) is 20.8 Å². The summed E-state index contributed by atoms with van der Waals surface area (Å²) in [6.07, 6.45) is 0.536. The summed E-state index contributed by atoms with van der Waals surface area (Å²) in [5, 5.41) is 1.02. The molecule has 1 aromatic heterocycles. The van der Waals surface area contributed by atoms with Crippen molar-refractivity contribution in [2.45, 2.75) is 39.7 Å². The number of aryl methyl sites for hydroxylation is 2. The van der Waals surface area contributed by atoms with Gasteiger partial charge in [-0.3, -0.25) is 9.59 Å². The van der Waals surface area contributed by atoms with Crippen molar-refractivity contribution >= 4 is 23.0 Å². The number of hydrogen-bond acceptors (Lipinski definition) is 4. The summed E-state index contributed by atoms with van der Waals surface area (Å²) < 4.78 is 0. The molecule has 0 aromatic carbocycles. The molecule has 1 fully saturated rings. The number of carbonyl (C=O) groups is 2. The molecular weight excluding hydrogens is 236 g/mol. The van der Waals surface area contributed by atoms with E-state index in [1.54, 1.807) is 16.2 Å². The van der Waals surface area contributed by atoms with E-state index in [0.29, 0.717) is 13.0 Å². The Labute approximate surface area is 105 Å². The maximum Gasteiger partial charge on any atom is 0.230 e. The van der Waals surface area contributed by atoms with Gasteiger partial charge >= 0.3 is 0 Å². The van der Waals surface area contributed by atoms with Crippen LogP contribution in [0.4, 0.5) is 0 Å². The number of aromatic nitrogens is 1. The first-order valence-electron chi connectivity index (χ1n) is 5.74. The van der Waals surface area contributed by atoms with Crippen molar-refractivity contribution in [1.29, 1.82) is 0 Å². The van der Waals surface area contributed by atoms with Gasteiger partial charge in [-0.15, -0.1) is 11.3 Å². The monoisotopic (exact) mass is 252 g/mol. The third-order valence-electron chi connectivity index (χ3n) is 3.09. The van der Waals surface area contributed by atoms with Gasteiger partial charge < -0.3 is 4.90 Å². The van der Waals surface area contributed by atoms with Crippen LogP contribution in [0.1, 0.15) is 41.4 Å². The maximum absolute atomic E-state index is 11.8. The van der Waals surface area contributed by atoms with E-state index in [-0.39, 0.29) is 24.2 Å². The summed E-state index contributed by atoms with van der Waals surface area (Å²) in [6.45, 7) is 6.48. The van der Waals surface area contributed by atoms with E-state index < -0.39 is 0 Å². The van der Waals surface area contributed by atoms with E-state index in [0.717, 1.165) is 15.6 Å². The van der Waals surface area contributed by atoms with Crippen molar-refractivity contribution in [1.82, 2.24) is 9.88 Å². The highest BCUT2D eigenvalue weighted by Crippen LogP contribution is 2.30. The average molecular weight is 252 g/mol. The van der Waals surface area contributed by atoms with E-state index in [4.69, 9.17) is 0 Å². The molecule has 1 aliphatic rings. The lowest BCUT2D eigenvalue weighted by Gasteiger charge is -2.31. The minimum Gasteiger partial charge on any atom is -0.334 e. The highest BCUT2D eigenvalue weighted by atomic mass is 32.1. The molecule has 5 heteroatoms. The van der Waals surface area contributed by atoms with Gasteiger partial charge in [0.1, 0.15) is 5.78 Å². The number of rotatable bonds is 2. The molecular formula is C12H16N2O2S. The van der Waals surface area contributed by atoms with Gasteiger partial charge in [0.15, 0.2) is 0 Å². The third-order valence-corrected chi connectivity index (χ3v) is 4.33. The summed E-state index contributed by atoms with van der Waals surface area (Å²) >= 11 is 1.63. The Kier molecular flexibility index (Phi) is 3.28. The maximum atomic E-state index is 11.8. The zero-order chi connectivity index (χ0) is 12.6. The van der Waals surface area contributed by atoms with Crippen LogP contribution >= 0.6 is 11.3 Å². The van der Waals surface area contributed by atoms with Gasteiger partial charge in [0.2, 0.25) is 5.91 Å². The van der Waals surface area contributed by atoms with E-state index in [1.165, 1.54) is 0 Å². The largest absolute Gasteiger partial charge is 0.334 e. The topological polar surface area (TPSA) is 50.3 Å². The summed E-state index contributed by atoms with van der Waals surface area (Å²) in [7, 11) is 0. The minimum atomic E-state index is -0.0563. The molecule has 17 heavy (non-hydrogen) atoms. The SMILES string of the molecule is Cc1nc(C)c(C(C)N2CCC(=O)CC2=O)s1. The summed E-state index contributed by atoms with van der Waals surface area (Å²) in [5.74, 6) is -0.00476. The second kappa shape index (κ2) is 4.56. The lowest BCUT2D eigenvalue weighted by Crippen LogP contribution is -2.40. The molecule has 0 bridgehead atoms. The van der Waals surface area contributed by atoms with Crippen LogP contribution in [0, 0.1) is 13.8 Å². The molecule has 0 radical (unpaired) electrons. The van der Waals surface area contributed by atoms with Crippen LogP contribution in [0.15, 0.2) is 0 Å². The third kappa shape index (κ3) is 2.39. The number of hydrogen-bond donors (Lipinski definition) is 0. The second-order valence-corrected chi connectivity index (χ2v) is 5.65. The first-order valence-corrected chi connectivity index (χ1v) is 6.55. The van der Waals surface area contributed by atoms with Crippen LogP contribution in [0.3, 0.4) is 0 Å². The number of ketones is 1. The second-order valence-electron chi connectivity index (χ2n) is 4.41. The fourth-order valence-electron chi connectivity index (χ4n) is 2.21. The molecule has 2 rings (SSSR count). The number of piperidine rings is 1. The van der Waals surface area contributed by atoms with E-state index >= 15 is 0 Å². The molecule has 0 spiro atoms. The number of thiazole rings is 1. The van der Waals surface area contributed by atoms with E-state index in [1.807, 2.05) is 20.8 Å². The Balaban J connectivity index is 2.20. The minimum absolute atomic E-state index is 0.0294. The molecule has 1 unspecified atom stereocenters. The Hall–Kier alpha value is -1.23. The van der Waals surface area contributed by atoms with Crippen molar-refractivity contribution in [3.8, 4) is 0 Å². The number of nitrogens with zero attached hydrogens (tertiary/aromatic N) is 2. The Bertz CT molecular complexity index is 467. The fraction of sp³-hybridized carbons (Fsp3) is 0.583. The van der Waals surface area contributed by atoms with Crippen molar-refractivity contribution in [2.75, 3.05) is 6.54 Å². The molecule has 0 aliphatic carbocycles. The van der Waals surface area contributed by atoms with Crippen LogP contribution in [0.25, 0.3) is 0 Å². The molecule has 1 saturated heterocycles. The number of likely N-dealkylation sites (tertiary alicyclic amines) is 1. The fourth-order valence-corrected chi connectivity index (χ4v) is 3.21. The summed E-state index contributed by atoms with van der Waals surface area (Å²) in [4.78, 5) is 30.3. The normalized spacial score (nSPS) is 18.6. The number of Topliss-reactive ketones (excluding diaryl/α,β-unsaturated/α-hetero) is 1. The van der Waals surface area contributed by atoms with Crippen molar-refractivity contribution in [3.63, 3.8) is 0 Å². The number of carbonyl (C=O) groups excluding carboxylic acids is 2. The zero-order valence-electron chi connectivity index (χ0n) is 10.3. The molecule has 1 aromatic rings. The standard InChI is InChI=1S/C12H16N2O2S/c1-7-12(17-9(3)13-7)8(2)14-5-4-10(15)6-11(14)16/h8H,4-6H2,1-3H3. The van der Waals surface area contributed by atoms with Gasteiger partial charge in [-0.2, -0.15) is 0 Å². The zero-order valence-corrected chi connectivity index (χ0v) is 11.1. The highest BCUT2D eigenvalue weighted by molar-refractivity contribution is 7.11. The predicted octanol–water partition coefficient (Wildman–Crippen LogP) is 2.01. The Morgan fingerprint density at radius 3 is 2.59 bits per heavy atom. The molecule has 0 N–H and O–H groups in total. The first-order chi connectivity index (χ1) is 7.99. The Morgan fingerprint density at radius 2 is 2.06 bits per heavy atom. The van der Waals surface area contributed by atoms with Crippen LogP contribution in [0.2, 0.25) is 0 Å². The molecule has 4 nitrogen and oxygen atoms in total. The lowest BCUT2D eigenvalue weighted by molar-refractivity contribution is -0.141. The molecule has 1 aliphatic heterocycles. The van der Waals surface area contributed by atoms with Crippen molar-refractivity contribution in [2.24, 2.45) is 0 Å². The summed E-state index contributed by atoms with van der Waals surface area (Å²) in [5.41, 5.74) is 0.990. The van der Waals surface area contributed by atoms with Gasteiger partial charge in [-0.1, -0.05) is 0 Å². The highest BCUT2D eigenvalue weighted by Gasteiger charge is 2.29. The van der Waals surface area contributed by atoms with E-state index in [9.17, 15) is 9.59 Å². The molecule has 1 atom stereocenters. The quantitative estimate of drug-likeness (QED) is 0.757. The van der Waals surface area contributed by atoms with Gasteiger partial charge in [0.05, 0.1) is 23.2 Å². The van der Waals surface area contributed by atoms with Crippen LogP contribution < -0.4 is 0 Å². The van der Waals surface area contributed by atoms with Crippen molar-refractivity contribution in [3.05, 3.63) is 15.6 Å². The Morgan fingerprint density at radius 1 is 1.35 bits per heavy atom. The summed E-state index contributed by atoms with van der Waals surface area (Å²) in [6, 6.07) is 0.0294. The average Bonchev–Trinajstić information content (AvgIpc) is 2.57. The first kappa shape index (κ1) is 12.2. The van der Waals surface area contributed by atoms with Crippen LogP contribution in [-0.2, 0) is 9.59 Å². The van der Waals surface area contributed by atoms with Gasteiger partial charge in [0.25, 0.3) is 0 Å². The molecule has 92 valence electrons. The smallest absolute Gasteiger partial charge is 0.230 e. The van der Waals surface area contributed by atoms with Crippen LogP contribution in [-0.4, -0.2) is 28.1 Å². The lowest BCUT2D eigenvalue weighted by atomic mass is 10.1. The number of amides is 1. The predicted molar refractivity (Wildman–Crippen MR) is 66.0 cm³/mol. The molecule has 1 amide bonds. The van der Waals surface area contributed by atoms with E-state index in [2.05, 4.69) is 4.98 Å².